The zero-order chi connectivity index (χ0) is 13.9. The van der Waals surface area contributed by atoms with Crippen LogP contribution in [0.15, 0.2) is 12.4 Å². The molecule has 0 aromatic carbocycles. The summed E-state index contributed by atoms with van der Waals surface area (Å²) >= 11 is 0. The molecule has 19 heavy (non-hydrogen) atoms. The Hall–Kier alpha value is -1.69. The predicted molar refractivity (Wildman–Crippen MR) is 70.2 cm³/mol. The van der Waals surface area contributed by atoms with Gasteiger partial charge in [0.1, 0.15) is 5.82 Å². The highest BCUT2D eigenvalue weighted by Gasteiger charge is 2.33. The number of aromatic nitrogens is 2. The van der Waals surface area contributed by atoms with E-state index in [1.54, 1.807) is 0 Å². The lowest BCUT2D eigenvalue weighted by molar-refractivity contribution is 0.0690. The number of piperidine rings is 1. The molecule has 1 fully saturated rings. The Kier molecular flexibility index (Phi) is 3.99. The molecule has 1 aliphatic heterocycles. The van der Waals surface area contributed by atoms with Crippen LogP contribution in [-0.4, -0.2) is 45.8 Å². The van der Waals surface area contributed by atoms with Crippen LogP contribution in [0.25, 0.3) is 0 Å². The maximum atomic E-state index is 10.7. The summed E-state index contributed by atoms with van der Waals surface area (Å²) in [5.41, 5.74) is -0.129. The zero-order valence-corrected chi connectivity index (χ0v) is 11.0. The number of carbonyl (C=O) groups is 1. The predicted octanol–water partition coefficient (Wildman–Crippen LogP) is 1.16. The van der Waals surface area contributed by atoms with Gasteiger partial charge in [0.15, 0.2) is 5.69 Å². The van der Waals surface area contributed by atoms with Crippen LogP contribution in [-0.2, 0) is 0 Å². The molecule has 6 nitrogen and oxygen atoms in total. The molecule has 1 aromatic rings. The Morgan fingerprint density at radius 1 is 1.47 bits per heavy atom. The van der Waals surface area contributed by atoms with Crippen LogP contribution in [0.3, 0.4) is 0 Å². The van der Waals surface area contributed by atoms with Crippen LogP contribution < -0.4 is 4.90 Å². The van der Waals surface area contributed by atoms with Gasteiger partial charge < -0.3 is 15.1 Å². The van der Waals surface area contributed by atoms with Gasteiger partial charge in [-0.2, -0.15) is 0 Å². The van der Waals surface area contributed by atoms with E-state index in [-0.39, 0.29) is 17.7 Å². The number of hydrogen-bond acceptors (Lipinski definition) is 5. The van der Waals surface area contributed by atoms with E-state index in [0.29, 0.717) is 5.82 Å². The number of carboxylic acids is 1. The van der Waals surface area contributed by atoms with Gasteiger partial charge in [0, 0.05) is 18.5 Å². The van der Waals surface area contributed by atoms with Crippen LogP contribution in [0.5, 0.6) is 0 Å². The summed E-state index contributed by atoms with van der Waals surface area (Å²) < 4.78 is 0. The molecule has 0 aliphatic carbocycles. The summed E-state index contributed by atoms with van der Waals surface area (Å²) in [5.74, 6) is -0.396. The van der Waals surface area contributed by atoms with Crippen LogP contribution in [0.1, 0.15) is 36.7 Å². The molecule has 0 spiro atoms. The maximum Gasteiger partial charge on any atom is 0.356 e. The third-order valence-electron chi connectivity index (χ3n) is 3.93. The summed E-state index contributed by atoms with van der Waals surface area (Å²) in [5, 5.41) is 18.4. The first-order valence-electron chi connectivity index (χ1n) is 6.51. The minimum absolute atomic E-state index is 0.0512. The number of rotatable bonds is 4. The first kappa shape index (κ1) is 13.7. The largest absolute Gasteiger partial charge is 0.476 e. The van der Waals surface area contributed by atoms with Crippen molar-refractivity contribution in [3.05, 3.63) is 18.1 Å². The molecule has 1 saturated heterocycles. The monoisotopic (exact) mass is 265 g/mol. The standard InChI is InChI=1S/C13H19N3O3/c1-2-13(9-17)4-3-5-16(8-13)11-7-14-10(6-15-11)12(18)19/h6-7,17H,2-5,8-9H2,1H3,(H,18,19). The second-order valence-corrected chi connectivity index (χ2v) is 5.10. The third-order valence-corrected chi connectivity index (χ3v) is 3.93. The minimum Gasteiger partial charge on any atom is -0.476 e. The fraction of sp³-hybridized carbons (Fsp3) is 0.615. The molecule has 0 saturated carbocycles. The fourth-order valence-electron chi connectivity index (χ4n) is 2.53. The van der Waals surface area contributed by atoms with Gasteiger partial charge in [-0.25, -0.2) is 14.8 Å². The summed E-state index contributed by atoms with van der Waals surface area (Å²) in [7, 11) is 0. The average Bonchev–Trinajstić information content (AvgIpc) is 2.47. The molecule has 1 atom stereocenters. The average molecular weight is 265 g/mol. The van der Waals surface area contributed by atoms with Crippen molar-refractivity contribution >= 4 is 11.8 Å². The number of nitrogens with zero attached hydrogens (tertiary/aromatic N) is 3. The van der Waals surface area contributed by atoms with Crippen molar-refractivity contribution in [2.45, 2.75) is 26.2 Å². The molecule has 1 aliphatic rings. The molecule has 0 radical (unpaired) electrons. The second-order valence-electron chi connectivity index (χ2n) is 5.10. The molecule has 104 valence electrons. The molecular formula is C13H19N3O3. The van der Waals surface area contributed by atoms with Gasteiger partial charge >= 0.3 is 5.97 Å². The van der Waals surface area contributed by atoms with Gasteiger partial charge in [-0.15, -0.1) is 0 Å². The molecule has 6 heteroatoms. The Labute approximate surface area is 112 Å². The van der Waals surface area contributed by atoms with E-state index in [1.807, 2.05) is 0 Å². The summed E-state index contributed by atoms with van der Waals surface area (Å²) in [4.78, 5) is 20.9. The highest BCUT2D eigenvalue weighted by atomic mass is 16.4. The number of aliphatic hydroxyl groups is 1. The molecule has 2 heterocycles. The van der Waals surface area contributed by atoms with Crippen molar-refractivity contribution in [1.82, 2.24) is 9.97 Å². The highest BCUT2D eigenvalue weighted by Crippen LogP contribution is 2.34. The number of anilines is 1. The number of aliphatic hydroxyl groups excluding tert-OH is 1. The van der Waals surface area contributed by atoms with Crippen molar-refractivity contribution in [3.63, 3.8) is 0 Å². The van der Waals surface area contributed by atoms with Gasteiger partial charge in [0.05, 0.1) is 19.0 Å². The van der Waals surface area contributed by atoms with E-state index >= 15 is 0 Å². The van der Waals surface area contributed by atoms with E-state index < -0.39 is 5.97 Å². The van der Waals surface area contributed by atoms with Crippen molar-refractivity contribution in [1.29, 1.82) is 0 Å². The van der Waals surface area contributed by atoms with Crippen LogP contribution in [0.2, 0.25) is 0 Å². The molecule has 2 N–H and O–H groups in total. The highest BCUT2D eigenvalue weighted by molar-refractivity contribution is 5.84. The first-order valence-corrected chi connectivity index (χ1v) is 6.51. The lowest BCUT2D eigenvalue weighted by Gasteiger charge is -2.41. The Morgan fingerprint density at radius 2 is 2.26 bits per heavy atom. The van der Waals surface area contributed by atoms with Gasteiger partial charge in [-0.05, 0) is 19.3 Å². The van der Waals surface area contributed by atoms with Crippen LogP contribution >= 0.6 is 0 Å². The van der Waals surface area contributed by atoms with E-state index in [0.717, 1.165) is 32.4 Å². The fourth-order valence-corrected chi connectivity index (χ4v) is 2.53. The van der Waals surface area contributed by atoms with Crippen molar-refractivity contribution in [2.75, 3.05) is 24.6 Å². The topological polar surface area (TPSA) is 86.5 Å². The molecule has 1 unspecified atom stereocenters. The van der Waals surface area contributed by atoms with Crippen molar-refractivity contribution in [3.8, 4) is 0 Å². The lowest BCUT2D eigenvalue weighted by atomic mass is 9.78. The van der Waals surface area contributed by atoms with Crippen molar-refractivity contribution in [2.24, 2.45) is 5.41 Å². The van der Waals surface area contributed by atoms with E-state index in [2.05, 4.69) is 21.8 Å². The Balaban J connectivity index is 2.15. The Bertz CT molecular complexity index is 443. The molecule has 1 aromatic heterocycles. The number of hydrogen-bond donors (Lipinski definition) is 2. The van der Waals surface area contributed by atoms with Crippen LogP contribution in [0, 0.1) is 5.41 Å². The van der Waals surface area contributed by atoms with E-state index in [9.17, 15) is 9.90 Å². The second kappa shape index (κ2) is 5.52. The summed E-state index contributed by atoms with van der Waals surface area (Å²) in [6.07, 6.45) is 5.69. The van der Waals surface area contributed by atoms with Gasteiger partial charge in [-0.1, -0.05) is 6.92 Å². The summed E-state index contributed by atoms with van der Waals surface area (Å²) in [6.45, 7) is 3.85. The SMILES string of the molecule is CCC1(CO)CCCN(c2cnc(C(=O)O)cn2)C1. The number of aromatic carboxylic acids is 1. The molecule has 2 rings (SSSR count). The van der Waals surface area contributed by atoms with Gasteiger partial charge in [0.25, 0.3) is 0 Å². The molecule has 0 amide bonds. The van der Waals surface area contributed by atoms with Crippen LogP contribution in [0.4, 0.5) is 5.82 Å². The Morgan fingerprint density at radius 3 is 2.79 bits per heavy atom. The third kappa shape index (κ3) is 2.84. The van der Waals surface area contributed by atoms with Crippen molar-refractivity contribution < 1.29 is 15.0 Å². The molecule has 0 bridgehead atoms. The lowest BCUT2D eigenvalue weighted by Crippen LogP contribution is -2.45. The van der Waals surface area contributed by atoms with Gasteiger partial charge in [0.2, 0.25) is 0 Å². The number of carboxylic acid groups (broad SMARTS) is 1. The van der Waals surface area contributed by atoms with Gasteiger partial charge in [-0.3, -0.25) is 0 Å². The van der Waals surface area contributed by atoms with E-state index in [4.69, 9.17) is 5.11 Å². The minimum atomic E-state index is -1.07. The molecular weight excluding hydrogens is 246 g/mol. The maximum absolute atomic E-state index is 10.7. The summed E-state index contributed by atoms with van der Waals surface area (Å²) in [6, 6.07) is 0. The zero-order valence-electron chi connectivity index (χ0n) is 11.0. The van der Waals surface area contributed by atoms with E-state index in [1.165, 1.54) is 12.4 Å². The smallest absolute Gasteiger partial charge is 0.356 e. The quantitative estimate of drug-likeness (QED) is 0.849. The first-order chi connectivity index (χ1) is 9.10. The normalized spacial score (nSPS) is 23.4.